The molecule has 0 aliphatic rings. The fourth-order valence-electron chi connectivity index (χ4n) is 2.35. The Kier molecular flexibility index (Phi) is 6.80. The first-order valence-corrected chi connectivity index (χ1v) is 9.20. The van der Waals surface area contributed by atoms with Crippen LogP contribution < -0.4 is 4.90 Å². The van der Waals surface area contributed by atoms with Gasteiger partial charge >= 0.3 is 0 Å². The van der Waals surface area contributed by atoms with Crippen LogP contribution in [-0.4, -0.2) is 43.5 Å². The first kappa shape index (κ1) is 20.0. The Morgan fingerprint density at radius 3 is 2.23 bits per heavy atom. The summed E-state index contributed by atoms with van der Waals surface area (Å²) in [6, 6.07) is 12.3. The molecule has 2 aromatic carbocycles. The molecule has 0 bridgehead atoms. The summed E-state index contributed by atoms with van der Waals surface area (Å²) < 4.78 is 14.0. The van der Waals surface area contributed by atoms with Gasteiger partial charge in [-0.05, 0) is 36.8 Å². The molecule has 2 aromatic rings. The molecule has 0 spiro atoms. The molecule has 1 amide bonds. The topological polar surface area (TPSA) is 40.6 Å². The number of amides is 1. The van der Waals surface area contributed by atoms with Crippen molar-refractivity contribution in [2.75, 3.05) is 31.8 Å². The van der Waals surface area contributed by atoms with Gasteiger partial charge in [-0.3, -0.25) is 9.59 Å². The molecule has 138 valence electrons. The fraction of sp³-hybridized carbons (Fsp3) is 0.300. The van der Waals surface area contributed by atoms with Gasteiger partial charge in [-0.15, -0.1) is 11.8 Å². The standard InChI is InChI=1S/C20H23FN2O2S/c1-14(24)16-7-10-19(18(21)11-16)26-13-20(25)23(4)12-15-5-8-17(9-6-15)22(2)3/h5-11H,12-13H2,1-4H3. The highest BCUT2D eigenvalue weighted by molar-refractivity contribution is 8.00. The van der Waals surface area contributed by atoms with Gasteiger partial charge in [-0.2, -0.15) is 0 Å². The van der Waals surface area contributed by atoms with Crippen LogP contribution in [0.25, 0.3) is 0 Å². The summed E-state index contributed by atoms with van der Waals surface area (Å²) in [5.41, 5.74) is 2.47. The van der Waals surface area contributed by atoms with Gasteiger partial charge in [0.15, 0.2) is 5.78 Å². The predicted octanol–water partition coefficient (Wildman–Crippen LogP) is 3.85. The number of rotatable bonds is 7. The van der Waals surface area contributed by atoms with Crippen molar-refractivity contribution in [3.63, 3.8) is 0 Å². The maximum Gasteiger partial charge on any atom is 0.232 e. The second kappa shape index (κ2) is 8.85. The number of nitrogens with zero attached hydrogens (tertiary/aromatic N) is 2. The van der Waals surface area contributed by atoms with Crippen molar-refractivity contribution >= 4 is 29.1 Å². The van der Waals surface area contributed by atoms with E-state index >= 15 is 0 Å². The van der Waals surface area contributed by atoms with E-state index in [1.54, 1.807) is 24.1 Å². The lowest BCUT2D eigenvalue weighted by molar-refractivity contribution is -0.127. The van der Waals surface area contributed by atoms with E-state index in [2.05, 4.69) is 0 Å². The average Bonchev–Trinajstić information content (AvgIpc) is 2.60. The molecule has 0 aromatic heterocycles. The maximum atomic E-state index is 14.0. The van der Waals surface area contributed by atoms with E-state index in [0.29, 0.717) is 17.0 Å². The van der Waals surface area contributed by atoms with Crippen LogP contribution in [0, 0.1) is 5.82 Å². The Morgan fingerprint density at radius 2 is 1.69 bits per heavy atom. The number of carbonyl (C=O) groups is 2. The Hall–Kier alpha value is -2.34. The van der Waals surface area contributed by atoms with E-state index in [9.17, 15) is 14.0 Å². The summed E-state index contributed by atoms with van der Waals surface area (Å²) in [7, 11) is 5.69. The molecule has 6 heteroatoms. The molecule has 0 unspecified atom stereocenters. The van der Waals surface area contributed by atoms with E-state index in [4.69, 9.17) is 0 Å². The van der Waals surface area contributed by atoms with Crippen molar-refractivity contribution in [2.24, 2.45) is 0 Å². The third-order valence-corrected chi connectivity index (χ3v) is 5.02. The number of thioether (sulfide) groups is 1. The average molecular weight is 374 g/mol. The number of carbonyl (C=O) groups excluding carboxylic acids is 2. The van der Waals surface area contributed by atoms with Crippen molar-refractivity contribution in [3.05, 3.63) is 59.4 Å². The number of Topliss-reactive ketones (excluding diaryl/α,β-unsaturated/α-hetero) is 1. The van der Waals surface area contributed by atoms with Crippen LogP contribution in [0.15, 0.2) is 47.4 Å². The van der Waals surface area contributed by atoms with Gasteiger partial charge in [0.2, 0.25) is 5.91 Å². The van der Waals surface area contributed by atoms with E-state index in [0.717, 1.165) is 23.0 Å². The number of halogens is 1. The van der Waals surface area contributed by atoms with Crippen molar-refractivity contribution in [1.82, 2.24) is 4.90 Å². The number of anilines is 1. The van der Waals surface area contributed by atoms with Crippen molar-refractivity contribution < 1.29 is 14.0 Å². The molecular weight excluding hydrogens is 351 g/mol. The number of hydrogen-bond donors (Lipinski definition) is 0. The summed E-state index contributed by atoms with van der Waals surface area (Å²) in [6.45, 7) is 1.89. The molecule has 0 radical (unpaired) electrons. The molecule has 0 aliphatic carbocycles. The van der Waals surface area contributed by atoms with E-state index in [1.165, 1.54) is 13.0 Å². The third kappa shape index (κ3) is 5.33. The Labute approximate surface area is 158 Å². The van der Waals surface area contributed by atoms with Crippen molar-refractivity contribution in [3.8, 4) is 0 Å². The molecule has 0 atom stereocenters. The minimum Gasteiger partial charge on any atom is -0.378 e. The lowest BCUT2D eigenvalue weighted by atomic mass is 10.1. The van der Waals surface area contributed by atoms with Gasteiger partial charge in [0.25, 0.3) is 0 Å². The predicted molar refractivity (Wildman–Crippen MR) is 104 cm³/mol. The zero-order valence-corrected chi connectivity index (χ0v) is 16.3. The van der Waals surface area contributed by atoms with Crippen LogP contribution in [0.1, 0.15) is 22.8 Å². The van der Waals surface area contributed by atoms with Gasteiger partial charge in [0.1, 0.15) is 5.82 Å². The first-order valence-electron chi connectivity index (χ1n) is 8.21. The molecule has 0 saturated carbocycles. The Morgan fingerprint density at radius 1 is 1.04 bits per heavy atom. The van der Waals surface area contributed by atoms with E-state index < -0.39 is 5.82 Å². The largest absolute Gasteiger partial charge is 0.378 e. The van der Waals surface area contributed by atoms with Crippen LogP contribution in [0.4, 0.5) is 10.1 Å². The molecule has 0 fully saturated rings. The van der Waals surface area contributed by atoms with Gasteiger partial charge in [-0.1, -0.05) is 18.2 Å². The summed E-state index contributed by atoms with van der Waals surface area (Å²) in [5, 5.41) is 0. The van der Waals surface area contributed by atoms with Crippen molar-refractivity contribution in [1.29, 1.82) is 0 Å². The molecule has 0 N–H and O–H groups in total. The van der Waals surface area contributed by atoms with Gasteiger partial charge < -0.3 is 9.80 Å². The van der Waals surface area contributed by atoms with Crippen LogP contribution >= 0.6 is 11.8 Å². The first-order chi connectivity index (χ1) is 12.3. The minimum absolute atomic E-state index is 0.0817. The highest BCUT2D eigenvalue weighted by atomic mass is 32.2. The SMILES string of the molecule is CC(=O)c1ccc(SCC(=O)N(C)Cc2ccc(N(C)C)cc2)c(F)c1. The zero-order chi connectivity index (χ0) is 19.3. The minimum atomic E-state index is -0.475. The molecule has 26 heavy (non-hydrogen) atoms. The van der Waals surface area contributed by atoms with Crippen LogP contribution in [-0.2, 0) is 11.3 Å². The highest BCUT2D eigenvalue weighted by Gasteiger charge is 2.13. The molecule has 0 aliphatic heterocycles. The maximum absolute atomic E-state index is 14.0. The van der Waals surface area contributed by atoms with E-state index in [-0.39, 0.29) is 17.4 Å². The van der Waals surface area contributed by atoms with Gasteiger partial charge in [-0.25, -0.2) is 4.39 Å². The smallest absolute Gasteiger partial charge is 0.232 e. The van der Waals surface area contributed by atoms with E-state index in [1.807, 2.05) is 43.3 Å². The summed E-state index contributed by atoms with van der Waals surface area (Å²) >= 11 is 1.14. The molecule has 4 nitrogen and oxygen atoms in total. The lowest BCUT2D eigenvalue weighted by Crippen LogP contribution is -2.27. The lowest BCUT2D eigenvalue weighted by Gasteiger charge is -2.18. The second-order valence-electron chi connectivity index (χ2n) is 6.30. The number of ketones is 1. The molecular formula is C20H23FN2O2S. The number of benzene rings is 2. The normalized spacial score (nSPS) is 10.5. The van der Waals surface area contributed by atoms with Crippen LogP contribution in [0.2, 0.25) is 0 Å². The van der Waals surface area contributed by atoms with Crippen molar-refractivity contribution in [2.45, 2.75) is 18.4 Å². The van der Waals surface area contributed by atoms with Crippen LogP contribution in [0.5, 0.6) is 0 Å². The summed E-state index contributed by atoms with van der Waals surface area (Å²) in [5.74, 6) is -0.599. The quantitative estimate of drug-likeness (QED) is 0.545. The van der Waals surface area contributed by atoms with Crippen LogP contribution in [0.3, 0.4) is 0 Å². The van der Waals surface area contributed by atoms with Gasteiger partial charge in [0.05, 0.1) is 5.75 Å². The highest BCUT2D eigenvalue weighted by Crippen LogP contribution is 2.23. The monoisotopic (exact) mass is 374 g/mol. The third-order valence-electron chi connectivity index (χ3n) is 3.99. The fourth-order valence-corrected chi connectivity index (χ4v) is 3.21. The zero-order valence-electron chi connectivity index (χ0n) is 15.5. The summed E-state index contributed by atoms with van der Waals surface area (Å²) in [6.07, 6.45) is 0. The van der Waals surface area contributed by atoms with Gasteiger partial charge in [0, 0.05) is 43.8 Å². The number of hydrogen-bond acceptors (Lipinski definition) is 4. The molecule has 0 heterocycles. The Balaban J connectivity index is 1.92. The molecule has 0 saturated heterocycles. The molecule has 2 rings (SSSR count). The second-order valence-corrected chi connectivity index (χ2v) is 7.32. The summed E-state index contributed by atoms with van der Waals surface area (Å²) in [4.78, 5) is 27.6. The Bertz CT molecular complexity index is 791.